The second-order valence-corrected chi connectivity index (χ2v) is 8.87. The van der Waals surface area contributed by atoms with Gasteiger partial charge in [-0.25, -0.2) is 0 Å². The minimum Gasteiger partial charge on any atom is -0.394 e. The fourth-order valence-electron chi connectivity index (χ4n) is 5.01. The highest BCUT2D eigenvalue weighted by Crippen LogP contribution is 2.44. The van der Waals surface area contributed by atoms with Gasteiger partial charge in [0.05, 0.1) is 24.5 Å². The molecular formula is C24H33N3O4. The molecule has 7 nitrogen and oxygen atoms in total. The van der Waals surface area contributed by atoms with Crippen molar-refractivity contribution in [3.63, 3.8) is 0 Å². The minimum atomic E-state index is -0.767. The Kier molecular flexibility index (Phi) is 7.15. The van der Waals surface area contributed by atoms with E-state index in [9.17, 15) is 19.5 Å². The zero-order valence-electron chi connectivity index (χ0n) is 18.6. The predicted octanol–water partition coefficient (Wildman–Crippen LogP) is 1.13. The standard InChI is InChI=1S/C24H33N3O4/c1-14(2)26-23(30)21-18-11-10-15(3)19(22(29)25-4)20(18)24(31)27(21)17(13-28)12-16-8-6-5-7-9-16/h5-11,14-15,17-21,28H,12-13H2,1-4H3,(H,25,29)(H,26,30)/t15-,17-,18+,19-,20-,21+/m1/s1. The third kappa shape index (κ3) is 4.51. The van der Waals surface area contributed by atoms with Crippen molar-refractivity contribution in [1.82, 2.24) is 15.5 Å². The highest BCUT2D eigenvalue weighted by molar-refractivity contribution is 5.97. The number of fused-ring (bicyclic) bond motifs is 1. The number of hydrogen-bond acceptors (Lipinski definition) is 4. The van der Waals surface area contributed by atoms with Crippen molar-refractivity contribution in [1.29, 1.82) is 0 Å². The first-order chi connectivity index (χ1) is 14.8. The summed E-state index contributed by atoms with van der Waals surface area (Å²) in [6, 6.07) is 8.19. The van der Waals surface area contributed by atoms with Gasteiger partial charge in [0.1, 0.15) is 6.04 Å². The highest BCUT2D eigenvalue weighted by atomic mass is 16.3. The maximum atomic E-state index is 13.7. The van der Waals surface area contributed by atoms with E-state index >= 15 is 0 Å². The van der Waals surface area contributed by atoms with Gasteiger partial charge < -0.3 is 20.6 Å². The van der Waals surface area contributed by atoms with Gasteiger partial charge in [-0.05, 0) is 31.7 Å². The van der Waals surface area contributed by atoms with Crippen LogP contribution in [0.5, 0.6) is 0 Å². The molecule has 1 aromatic rings. The SMILES string of the molecule is CNC(=O)[C@H]1[C@@H]2C(=O)N([C@@H](CO)Cc3ccccc3)[C@H](C(=O)NC(C)C)[C@H]2C=C[C@H]1C. The summed E-state index contributed by atoms with van der Waals surface area (Å²) in [5.41, 5.74) is 0.971. The molecule has 1 saturated heterocycles. The first kappa shape index (κ1) is 23.0. The number of benzene rings is 1. The Labute approximate surface area is 183 Å². The molecule has 3 N–H and O–H groups in total. The first-order valence-electron chi connectivity index (χ1n) is 11.0. The molecule has 3 rings (SSSR count). The van der Waals surface area contributed by atoms with Gasteiger partial charge in [0.2, 0.25) is 17.7 Å². The van der Waals surface area contributed by atoms with E-state index in [2.05, 4.69) is 10.6 Å². The number of nitrogens with zero attached hydrogens (tertiary/aromatic N) is 1. The van der Waals surface area contributed by atoms with Crippen LogP contribution in [0.4, 0.5) is 0 Å². The Morgan fingerprint density at radius 1 is 1.13 bits per heavy atom. The molecule has 0 bridgehead atoms. The van der Waals surface area contributed by atoms with E-state index in [4.69, 9.17) is 0 Å². The molecule has 1 aliphatic heterocycles. The van der Waals surface area contributed by atoms with E-state index in [-0.39, 0.29) is 36.3 Å². The van der Waals surface area contributed by atoms with E-state index < -0.39 is 29.8 Å². The molecule has 6 atom stereocenters. The maximum Gasteiger partial charge on any atom is 0.243 e. The van der Waals surface area contributed by atoms with Crippen molar-refractivity contribution in [2.24, 2.45) is 23.7 Å². The molecule has 1 heterocycles. The van der Waals surface area contributed by atoms with E-state index in [1.165, 1.54) is 0 Å². The zero-order valence-corrected chi connectivity index (χ0v) is 18.6. The molecule has 31 heavy (non-hydrogen) atoms. The summed E-state index contributed by atoms with van der Waals surface area (Å²) in [4.78, 5) is 41.2. The number of carbonyl (C=O) groups excluding carboxylic acids is 3. The Balaban J connectivity index is 2.02. The molecule has 0 spiro atoms. The average Bonchev–Trinajstić information content (AvgIpc) is 3.04. The fraction of sp³-hybridized carbons (Fsp3) is 0.542. The average molecular weight is 428 g/mol. The number of rotatable bonds is 7. The van der Waals surface area contributed by atoms with Crippen LogP contribution in [0.25, 0.3) is 0 Å². The van der Waals surface area contributed by atoms with Crippen LogP contribution in [0.1, 0.15) is 26.3 Å². The Morgan fingerprint density at radius 3 is 2.39 bits per heavy atom. The number of carbonyl (C=O) groups is 3. The molecule has 168 valence electrons. The highest BCUT2D eigenvalue weighted by Gasteiger charge is 2.57. The molecule has 0 saturated carbocycles. The van der Waals surface area contributed by atoms with Crippen molar-refractivity contribution in [3.05, 3.63) is 48.0 Å². The molecule has 7 heteroatoms. The van der Waals surface area contributed by atoms with Gasteiger partial charge in [0, 0.05) is 19.0 Å². The van der Waals surface area contributed by atoms with Gasteiger partial charge in [-0.1, -0.05) is 49.4 Å². The van der Waals surface area contributed by atoms with Crippen LogP contribution in [0.3, 0.4) is 0 Å². The van der Waals surface area contributed by atoms with Gasteiger partial charge in [-0.15, -0.1) is 0 Å². The number of hydrogen-bond donors (Lipinski definition) is 3. The van der Waals surface area contributed by atoms with Crippen molar-refractivity contribution in [2.75, 3.05) is 13.7 Å². The lowest BCUT2D eigenvalue weighted by Crippen LogP contribution is -2.54. The second-order valence-electron chi connectivity index (χ2n) is 8.87. The Morgan fingerprint density at radius 2 is 1.81 bits per heavy atom. The van der Waals surface area contributed by atoms with Crippen molar-refractivity contribution < 1.29 is 19.5 Å². The van der Waals surface area contributed by atoms with Gasteiger partial charge in [0.15, 0.2) is 0 Å². The molecular weight excluding hydrogens is 394 g/mol. The van der Waals surface area contributed by atoms with Crippen LogP contribution in [0, 0.1) is 23.7 Å². The summed E-state index contributed by atoms with van der Waals surface area (Å²) in [5.74, 6) is -2.43. The summed E-state index contributed by atoms with van der Waals surface area (Å²) in [6.45, 7) is 5.39. The van der Waals surface area contributed by atoms with Crippen LogP contribution in [-0.4, -0.2) is 59.5 Å². The summed E-state index contributed by atoms with van der Waals surface area (Å²) in [7, 11) is 1.56. The van der Waals surface area contributed by atoms with Crippen LogP contribution in [-0.2, 0) is 20.8 Å². The lowest BCUT2D eigenvalue weighted by Gasteiger charge is -2.34. The van der Waals surface area contributed by atoms with Gasteiger partial charge >= 0.3 is 0 Å². The number of aliphatic hydroxyl groups excluding tert-OH is 1. The second kappa shape index (κ2) is 9.64. The summed E-state index contributed by atoms with van der Waals surface area (Å²) in [5, 5.41) is 15.8. The maximum absolute atomic E-state index is 13.7. The summed E-state index contributed by atoms with van der Waals surface area (Å²) >= 11 is 0. The summed E-state index contributed by atoms with van der Waals surface area (Å²) in [6.07, 6.45) is 4.27. The smallest absolute Gasteiger partial charge is 0.243 e. The quantitative estimate of drug-likeness (QED) is 0.568. The topological polar surface area (TPSA) is 98.7 Å². The first-order valence-corrected chi connectivity index (χ1v) is 11.0. The molecule has 1 fully saturated rings. The molecule has 0 aromatic heterocycles. The van der Waals surface area contributed by atoms with E-state index in [0.29, 0.717) is 6.42 Å². The number of nitrogens with one attached hydrogen (secondary N) is 2. The minimum absolute atomic E-state index is 0.0913. The third-order valence-corrected chi connectivity index (χ3v) is 6.38. The largest absolute Gasteiger partial charge is 0.394 e. The fourth-order valence-corrected chi connectivity index (χ4v) is 5.01. The van der Waals surface area contributed by atoms with E-state index in [0.717, 1.165) is 5.56 Å². The van der Waals surface area contributed by atoms with E-state index in [1.54, 1.807) is 11.9 Å². The lowest BCUT2D eigenvalue weighted by molar-refractivity contribution is -0.143. The number of aliphatic hydroxyl groups is 1. The molecule has 1 aromatic carbocycles. The number of allylic oxidation sites excluding steroid dienone is 1. The third-order valence-electron chi connectivity index (χ3n) is 6.38. The van der Waals surface area contributed by atoms with Crippen molar-refractivity contribution in [3.8, 4) is 0 Å². The molecule has 0 radical (unpaired) electrons. The predicted molar refractivity (Wildman–Crippen MR) is 118 cm³/mol. The monoisotopic (exact) mass is 427 g/mol. The Bertz CT molecular complexity index is 838. The Hall–Kier alpha value is -2.67. The van der Waals surface area contributed by atoms with E-state index in [1.807, 2.05) is 63.3 Å². The van der Waals surface area contributed by atoms with Gasteiger partial charge in [-0.2, -0.15) is 0 Å². The normalized spacial score (nSPS) is 28.4. The van der Waals surface area contributed by atoms with Crippen LogP contribution >= 0.6 is 0 Å². The zero-order chi connectivity index (χ0) is 22.7. The van der Waals surface area contributed by atoms with Gasteiger partial charge in [0.25, 0.3) is 0 Å². The van der Waals surface area contributed by atoms with Crippen molar-refractivity contribution >= 4 is 17.7 Å². The lowest BCUT2D eigenvalue weighted by atomic mass is 9.70. The molecule has 2 aliphatic rings. The van der Waals surface area contributed by atoms with Crippen molar-refractivity contribution in [2.45, 2.75) is 45.3 Å². The van der Waals surface area contributed by atoms with Crippen LogP contribution in [0.2, 0.25) is 0 Å². The number of amides is 3. The molecule has 3 amide bonds. The van der Waals surface area contributed by atoms with Gasteiger partial charge in [-0.3, -0.25) is 14.4 Å². The number of likely N-dealkylation sites (tertiary alicyclic amines) is 1. The summed E-state index contributed by atoms with van der Waals surface area (Å²) < 4.78 is 0. The van der Waals surface area contributed by atoms with Crippen LogP contribution < -0.4 is 10.6 Å². The molecule has 1 aliphatic carbocycles. The van der Waals surface area contributed by atoms with Crippen LogP contribution in [0.15, 0.2) is 42.5 Å². The molecule has 0 unspecified atom stereocenters.